The first-order valence-electron chi connectivity index (χ1n) is 12.0. The minimum atomic E-state index is -0.448. The van der Waals surface area contributed by atoms with Gasteiger partial charge in [-0.1, -0.05) is 6.42 Å². The van der Waals surface area contributed by atoms with Crippen LogP contribution in [0.5, 0.6) is 0 Å². The van der Waals surface area contributed by atoms with Gasteiger partial charge in [0.1, 0.15) is 11.5 Å². The van der Waals surface area contributed by atoms with Gasteiger partial charge in [0.05, 0.1) is 18.7 Å². The van der Waals surface area contributed by atoms with Gasteiger partial charge in [-0.15, -0.1) is 0 Å². The molecule has 0 bridgehead atoms. The standard InChI is InChI=1S/C26H35N3O4/c1-17(2)32-26(31)27-23-14-18(3)29(19(4)30)24-10-8-20(15-22(23)24)25-11-9-21(33-25)16-28-12-6-5-7-13-28/h8-11,15,17-18,23H,5-7,12-14,16H2,1-4H3,(H,27,31)/t18-,23+/m1/s1. The lowest BCUT2D eigenvalue weighted by Crippen LogP contribution is -2.45. The number of rotatable bonds is 5. The third-order valence-corrected chi connectivity index (χ3v) is 6.43. The van der Waals surface area contributed by atoms with E-state index in [0.717, 1.165) is 48.0 Å². The van der Waals surface area contributed by atoms with Crippen LogP contribution in [0.2, 0.25) is 0 Å². The second kappa shape index (κ2) is 10.00. The van der Waals surface area contributed by atoms with Gasteiger partial charge in [-0.3, -0.25) is 9.69 Å². The average molecular weight is 454 g/mol. The van der Waals surface area contributed by atoms with E-state index in [1.165, 1.54) is 19.3 Å². The van der Waals surface area contributed by atoms with E-state index in [1.54, 1.807) is 11.8 Å². The number of hydrogen-bond acceptors (Lipinski definition) is 5. The van der Waals surface area contributed by atoms with E-state index < -0.39 is 6.09 Å². The number of fused-ring (bicyclic) bond motifs is 1. The number of hydrogen-bond donors (Lipinski definition) is 1. The van der Waals surface area contributed by atoms with Crippen LogP contribution in [0.4, 0.5) is 10.5 Å². The summed E-state index contributed by atoms with van der Waals surface area (Å²) in [6.45, 7) is 10.3. The Hall–Kier alpha value is -2.80. The summed E-state index contributed by atoms with van der Waals surface area (Å²) in [5.41, 5.74) is 2.65. The summed E-state index contributed by atoms with van der Waals surface area (Å²) >= 11 is 0. The molecule has 1 N–H and O–H groups in total. The molecule has 1 aromatic heterocycles. The van der Waals surface area contributed by atoms with Gasteiger partial charge in [-0.2, -0.15) is 0 Å². The quantitative estimate of drug-likeness (QED) is 0.669. The van der Waals surface area contributed by atoms with Crippen molar-refractivity contribution < 1.29 is 18.7 Å². The lowest BCUT2D eigenvalue weighted by atomic mass is 9.90. The third kappa shape index (κ3) is 5.41. The summed E-state index contributed by atoms with van der Waals surface area (Å²) in [6, 6.07) is 9.73. The largest absolute Gasteiger partial charge is 0.460 e. The van der Waals surface area contributed by atoms with Gasteiger partial charge in [0.15, 0.2) is 0 Å². The van der Waals surface area contributed by atoms with E-state index in [-0.39, 0.29) is 24.1 Å². The van der Waals surface area contributed by atoms with Crippen LogP contribution in [0, 0.1) is 0 Å². The van der Waals surface area contributed by atoms with Gasteiger partial charge >= 0.3 is 6.09 Å². The van der Waals surface area contributed by atoms with Crippen molar-refractivity contribution in [2.24, 2.45) is 0 Å². The summed E-state index contributed by atoms with van der Waals surface area (Å²) in [7, 11) is 0. The number of likely N-dealkylation sites (tertiary alicyclic amines) is 1. The van der Waals surface area contributed by atoms with Crippen LogP contribution >= 0.6 is 0 Å². The molecule has 2 aliphatic rings. The monoisotopic (exact) mass is 453 g/mol. The summed E-state index contributed by atoms with van der Waals surface area (Å²) in [5, 5.41) is 3.00. The molecule has 4 rings (SSSR count). The lowest BCUT2D eigenvalue weighted by molar-refractivity contribution is -0.117. The van der Waals surface area contributed by atoms with Crippen LogP contribution in [0.3, 0.4) is 0 Å². The van der Waals surface area contributed by atoms with E-state index in [1.807, 2.05) is 51.1 Å². The molecule has 3 heterocycles. The molecule has 0 aliphatic carbocycles. The molecule has 0 spiro atoms. The zero-order chi connectivity index (χ0) is 23.5. The van der Waals surface area contributed by atoms with Crippen molar-refractivity contribution in [3.8, 4) is 11.3 Å². The second-order valence-corrected chi connectivity index (χ2v) is 9.50. The fraction of sp³-hybridized carbons (Fsp3) is 0.538. The number of piperidine rings is 1. The molecule has 0 radical (unpaired) electrons. The Bertz CT molecular complexity index is 993. The Morgan fingerprint density at radius 3 is 2.61 bits per heavy atom. The molecule has 2 amide bonds. The van der Waals surface area contributed by atoms with Crippen LogP contribution < -0.4 is 10.2 Å². The SMILES string of the molecule is CC(=O)N1c2ccc(-c3ccc(CN4CCCCC4)o3)cc2[C@@H](NC(=O)OC(C)C)C[C@H]1C. The number of furan rings is 1. The molecular formula is C26H35N3O4. The highest BCUT2D eigenvalue weighted by Gasteiger charge is 2.34. The molecule has 2 aromatic rings. The summed E-state index contributed by atoms with van der Waals surface area (Å²) in [4.78, 5) is 29.0. The van der Waals surface area contributed by atoms with Crippen molar-refractivity contribution in [3.05, 3.63) is 41.7 Å². The van der Waals surface area contributed by atoms with Crippen LogP contribution in [0.15, 0.2) is 34.7 Å². The summed E-state index contributed by atoms with van der Waals surface area (Å²) in [5.74, 6) is 1.74. The first kappa shape index (κ1) is 23.4. The lowest BCUT2D eigenvalue weighted by Gasteiger charge is -2.39. The molecule has 1 fully saturated rings. The molecule has 2 atom stereocenters. The third-order valence-electron chi connectivity index (χ3n) is 6.43. The van der Waals surface area contributed by atoms with Gasteiger partial charge < -0.3 is 19.4 Å². The molecule has 0 saturated carbocycles. The zero-order valence-corrected chi connectivity index (χ0v) is 20.1. The maximum absolute atomic E-state index is 12.4. The number of amides is 2. The number of nitrogens with one attached hydrogen (secondary N) is 1. The molecule has 1 aromatic carbocycles. The van der Waals surface area contributed by atoms with Crippen molar-refractivity contribution in [1.29, 1.82) is 0 Å². The van der Waals surface area contributed by atoms with Gasteiger partial charge in [0.2, 0.25) is 5.91 Å². The van der Waals surface area contributed by atoms with Crippen molar-refractivity contribution >= 4 is 17.7 Å². The van der Waals surface area contributed by atoms with E-state index in [0.29, 0.717) is 6.42 Å². The Balaban J connectivity index is 1.61. The summed E-state index contributed by atoms with van der Waals surface area (Å²) < 4.78 is 11.5. The topological polar surface area (TPSA) is 75.0 Å². The van der Waals surface area contributed by atoms with E-state index in [2.05, 4.69) is 10.2 Å². The Labute approximate surface area is 196 Å². The first-order chi connectivity index (χ1) is 15.8. The first-order valence-corrected chi connectivity index (χ1v) is 12.0. The number of carbonyl (C=O) groups is 2. The second-order valence-electron chi connectivity index (χ2n) is 9.50. The van der Waals surface area contributed by atoms with Crippen molar-refractivity contribution in [2.45, 2.75) is 78.1 Å². The Kier molecular flexibility index (Phi) is 7.08. The van der Waals surface area contributed by atoms with Crippen molar-refractivity contribution in [3.63, 3.8) is 0 Å². The maximum Gasteiger partial charge on any atom is 0.407 e. The van der Waals surface area contributed by atoms with Crippen molar-refractivity contribution in [2.75, 3.05) is 18.0 Å². The number of carbonyl (C=O) groups excluding carboxylic acids is 2. The molecule has 1 saturated heterocycles. The fourth-order valence-corrected chi connectivity index (χ4v) is 4.98. The molecule has 7 heteroatoms. The molecule has 0 unspecified atom stereocenters. The van der Waals surface area contributed by atoms with Crippen LogP contribution in [-0.4, -0.2) is 42.1 Å². The molecule has 2 aliphatic heterocycles. The zero-order valence-electron chi connectivity index (χ0n) is 20.1. The maximum atomic E-state index is 12.4. The highest BCUT2D eigenvalue weighted by molar-refractivity contribution is 5.94. The van der Waals surface area contributed by atoms with Crippen LogP contribution in [0.1, 0.15) is 70.7 Å². The normalized spacial score (nSPS) is 21.1. The van der Waals surface area contributed by atoms with Crippen molar-refractivity contribution in [1.82, 2.24) is 10.2 Å². The predicted octanol–water partition coefficient (Wildman–Crippen LogP) is 5.25. The van der Waals surface area contributed by atoms with E-state index in [9.17, 15) is 9.59 Å². The van der Waals surface area contributed by atoms with Crippen LogP contribution in [-0.2, 0) is 16.1 Å². The minimum Gasteiger partial charge on any atom is -0.460 e. The van der Waals surface area contributed by atoms with Crippen LogP contribution in [0.25, 0.3) is 11.3 Å². The van der Waals surface area contributed by atoms with E-state index >= 15 is 0 Å². The summed E-state index contributed by atoms with van der Waals surface area (Å²) in [6.07, 6.45) is 3.77. The Morgan fingerprint density at radius 2 is 1.91 bits per heavy atom. The van der Waals surface area contributed by atoms with Gasteiger partial charge in [0.25, 0.3) is 0 Å². The number of alkyl carbamates (subject to hydrolysis) is 1. The smallest absolute Gasteiger partial charge is 0.407 e. The van der Waals surface area contributed by atoms with E-state index in [4.69, 9.17) is 9.15 Å². The van der Waals surface area contributed by atoms with Gasteiger partial charge in [-0.25, -0.2) is 4.79 Å². The molecule has 178 valence electrons. The minimum absolute atomic E-state index is 0.0125. The van der Waals surface area contributed by atoms with Gasteiger partial charge in [0, 0.05) is 24.2 Å². The number of benzene rings is 1. The molecule has 7 nitrogen and oxygen atoms in total. The highest BCUT2D eigenvalue weighted by atomic mass is 16.6. The number of nitrogens with zero attached hydrogens (tertiary/aromatic N) is 2. The fourth-order valence-electron chi connectivity index (χ4n) is 4.98. The number of ether oxygens (including phenoxy) is 1. The molecule has 33 heavy (non-hydrogen) atoms. The Morgan fingerprint density at radius 1 is 1.15 bits per heavy atom. The highest BCUT2D eigenvalue weighted by Crippen LogP contribution is 2.40. The van der Waals surface area contributed by atoms with Gasteiger partial charge in [-0.05, 0) is 89.0 Å². The average Bonchev–Trinajstić information content (AvgIpc) is 3.22. The number of anilines is 1. The molecular weight excluding hydrogens is 418 g/mol. The predicted molar refractivity (Wildman–Crippen MR) is 128 cm³/mol.